The van der Waals surface area contributed by atoms with Gasteiger partial charge in [0.05, 0.1) is 19.1 Å². The van der Waals surface area contributed by atoms with Crippen LogP contribution in [0.5, 0.6) is 17.2 Å². The molecule has 0 aromatic heterocycles. The Kier molecular flexibility index (Phi) is 9.47. The summed E-state index contributed by atoms with van der Waals surface area (Å²) in [6.45, 7) is 5.05. The number of nitrogens with one attached hydrogen (secondary N) is 1. The summed E-state index contributed by atoms with van der Waals surface area (Å²) in [6.07, 6.45) is 1.11. The van der Waals surface area contributed by atoms with E-state index in [0.717, 1.165) is 11.1 Å². The van der Waals surface area contributed by atoms with E-state index in [1.807, 2.05) is 43.0 Å². The SMILES string of the molecule is CCc1cc(F)cc(CC)c1NC(=O)CN1C[C@H](c2ccc3c(c2)OCO3)C(C(=O)O)[C@@H]1c1ccc(OCCOC)cc1. The van der Waals surface area contributed by atoms with Gasteiger partial charge in [0.1, 0.15) is 18.2 Å². The number of amides is 1. The Balaban J connectivity index is 1.46. The molecule has 3 aromatic rings. The van der Waals surface area contributed by atoms with E-state index in [1.165, 1.54) is 12.1 Å². The number of halogens is 1. The quantitative estimate of drug-likeness (QED) is 0.277. The van der Waals surface area contributed by atoms with Crippen molar-refractivity contribution >= 4 is 17.6 Å². The fourth-order valence-electron chi connectivity index (χ4n) is 6.08. The molecule has 2 aliphatic rings. The lowest BCUT2D eigenvalue weighted by molar-refractivity contribution is -0.143. The minimum Gasteiger partial charge on any atom is -0.491 e. The van der Waals surface area contributed by atoms with Crippen molar-refractivity contribution in [2.45, 2.75) is 38.6 Å². The van der Waals surface area contributed by atoms with Crippen LogP contribution in [-0.2, 0) is 27.2 Å². The Labute approximate surface area is 250 Å². The lowest BCUT2D eigenvalue weighted by Gasteiger charge is -2.27. The number of nitrogens with zero attached hydrogens (tertiary/aromatic N) is 1. The third-order valence-corrected chi connectivity index (χ3v) is 8.13. The van der Waals surface area contributed by atoms with E-state index in [0.29, 0.717) is 66.7 Å². The number of hydrogen-bond acceptors (Lipinski definition) is 7. The highest BCUT2D eigenvalue weighted by molar-refractivity contribution is 5.94. The zero-order valence-electron chi connectivity index (χ0n) is 24.6. The molecular weight excluding hydrogens is 555 g/mol. The van der Waals surface area contributed by atoms with Gasteiger partial charge in [-0.2, -0.15) is 0 Å². The summed E-state index contributed by atoms with van der Waals surface area (Å²) in [5.41, 5.74) is 3.60. The van der Waals surface area contributed by atoms with Crippen LogP contribution in [0.25, 0.3) is 0 Å². The van der Waals surface area contributed by atoms with Crippen molar-refractivity contribution in [1.29, 1.82) is 0 Å². The second kappa shape index (κ2) is 13.4. The van der Waals surface area contributed by atoms with E-state index >= 15 is 0 Å². The zero-order valence-corrected chi connectivity index (χ0v) is 24.6. The Morgan fingerprint density at radius 1 is 0.977 bits per heavy atom. The molecule has 1 fully saturated rings. The molecule has 2 N–H and O–H groups in total. The molecule has 3 atom stereocenters. The van der Waals surface area contributed by atoms with Gasteiger partial charge in [-0.1, -0.05) is 32.0 Å². The van der Waals surface area contributed by atoms with Crippen molar-refractivity contribution in [3.63, 3.8) is 0 Å². The first kappa shape index (κ1) is 30.3. The van der Waals surface area contributed by atoms with Gasteiger partial charge in [-0.05, 0) is 71.5 Å². The van der Waals surface area contributed by atoms with Gasteiger partial charge in [0, 0.05) is 31.3 Å². The van der Waals surface area contributed by atoms with Gasteiger partial charge in [-0.15, -0.1) is 0 Å². The topological polar surface area (TPSA) is 107 Å². The van der Waals surface area contributed by atoms with Gasteiger partial charge in [0.25, 0.3) is 0 Å². The third kappa shape index (κ3) is 6.60. The molecule has 10 heteroatoms. The molecule has 1 saturated heterocycles. The van der Waals surface area contributed by atoms with Crippen molar-refractivity contribution in [3.8, 4) is 17.2 Å². The Morgan fingerprint density at radius 2 is 1.65 bits per heavy atom. The lowest BCUT2D eigenvalue weighted by Crippen LogP contribution is -2.35. The van der Waals surface area contributed by atoms with Gasteiger partial charge < -0.3 is 29.4 Å². The maximum atomic E-state index is 14.2. The van der Waals surface area contributed by atoms with Crippen LogP contribution >= 0.6 is 0 Å². The molecule has 9 nitrogen and oxygen atoms in total. The van der Waals surface area contributed by atoms with Gasteiger partial charge in [0.2, 0.25) is 12.7 Å². The maximum Gasteiger partial charge on any atom is 0.309 e. The molecule has 5 rings (SSSR count). The van der Waals surface area contributed by atoms with Crippen molar-refractivity contribution in [3.05, 3.63) is 82.7 Å². The van der Waals surface area contributed by atoms with E-state index < -0.39 is 23.8 Å². The predicted molar refractivity (Wildman–Crippen MR) is 158 cm³/mol. The molecule has 0 aliphatic carbocycles. The van der Waals surface area contributed by atoms with Gasteiger partial charge >= 0.3 is 5.97 Å². The average Bonchev–Trinajstić information content (AvgIpc) is 3.62. The molecule has 0 spiro atoms. The standard InChI is InChI=1S/C33H37FN2O7/c1-4-20-14-24(34)15-21(5-2)31(20)35-29(37)18-36-17-26(23-8-11-27-28(16-23)43-19-42-27)30(33(38)39)32(36)22-6-9-25(10-7-22)41-13-12-40-3/h6-11,14-16,26,30,32H,4-5,12-13,17-19H2,1-3H3,(H,35,37)(H,38,39)/t26-,30?,32+/m1/s1. The molecule has 0 saturated carbocycles. The average molecular weight is 593 g/mol. The first-order valence-electron chi connectivity index (χ1n) is 14.5. The smallest absolute Gasteiger partial charge is 0.309 e. The number of anilines is 1. The van der Waals surface area contributed by atoms with Gasteiger partial charge in [0.15, 0.2) is 11.5 Å². The molecule has 1 amide bonds. The molecule has 43 heavy (non-hydrogen) atoms. The number of methoxy groups -OCH3 is 1. The van der Waals surface area contributed by atoms with E-state index in [2.05, 4.69) is 5.32 Å². The summed E-state index contributed by atoms with van der Waals surface area (Å²) in [6, 6.07) is 15.1. The number of carboxylic acid groups (broad SMARTS) is 1. The number of benzene rings is 3. The normalized spacial score (nSPS) is 19.4. The summed E-state index contributed by atoms with van der Waals surface area (Å²) < 4.78 is 36.0. The number of aliphatic carboxylic acids is 1. The second-order valence-electron chi connectivity index (χ2n) is 10.7. The van der Waals surface area contributed by atoms with Crippen LogP contribution in [0.4, 0.5) is 10.1 Å². The fraction of sp³-hybridized carbons (Fsp3) is 0.394. The molecule has 2 heterocycles. The number of hydrogen-bond donors (Lipinski definition) is 2. The van der Waals surface area contributed by atoms with Crippen molar-refractivity contribution in [1.82, 2.24) is 4.90 Å². The number of carbonyl (C=O) groups excluding carboxylic acids is 1. The molecule has 3 aromatic carbocycles. The summed E-state index contributed by atoms with van der Waals surface area (Å²) in [5.74, 6) is -1.05. The number of likely N-dealkylation sites (tertiary alicyclic amines) is 1. The highest BCUT2D eigenvalue weighted by Gasteiger charge is 2.48. The summed E-state index contributed by atoms with van der Waals surface area (Å²) >= 11 is 0. The second-order valence-corrected chi connectivity index (χ2v) is 10.7. The highest BCUT2D eigenvalue weighted by atomic mass is 19.1. The largest absolute Gasteiger partial charge is 0.491 e. The zero-order chi connectivity index (χ0) is 30.5. The first-order valence-corrected chi connectivity index (χ1v) is 14.5. The van der Waals surface area contributed by atoms with Crippen LogP contribution in [0.3, 0.4) is 0 Å². The van der Waals surface area contributed by atoms with Crippen LogP contribution < -0.4 is 19.5 Å². The Bertz CT molecular complexity index is 1440. The van der Waals surface area contributed by atoms with Crippen LogP contribution in [0.2, 0.25) is 0 Å². The number of carboxylic acids is 1. The minimum absolute atomic E-state index is 0.0503. The molecule has 0 bridgehead atoms. The van der Waals surface area contributed by atoms with Crippen molar-refractivity contribution in [2.24, 2.45) is 5.92 Å². The molecular formula is C33H37FN2O7. The number of rotatable bonds is 12. The first-order chi connectivity index (χ1) is 20.8. The van der Waals surface area contributed by atoms with Crippen molar-refractivity contribution in [2.75, 3.05) is 45.5 Å². The van der Waals surface area contributed by atoms with Crippen molar-refractivity contribution < 1.29 is 38.0 Å². The fourth-order valence-corrected chi connectivity index (χ4v) is 6.08. The molecule has 228 valence electrons. The highest BCUT2D eigenvalue weighted by Crippen LogP contribution is 2.47. The van der Waals surface area contributed by atoms with Crippen LogP contribution in [0.15, 0.2) is 54.6 Å². The van der Waals surface area contributed by atoms with E-state index in [9.17, 15) is 19.1 Å². The number of fused-ring (bicyclic) bond motifs is 1. The molecule has 0 radical (unpaired) electrons. The van der Waals surface area contributed by atoms with E-state index in [-0.39, 0.29) is 25.1 Å². The van der Waals surface area contributed by atoms with Crippen LogP contribution in [-0.4, -0.2) is 62.1 Å². The molecule has 2 aliphatic heterocycles. The molecule has 1 unspecified atom stereocenters. The minimum atomic E-state index is -0.962. The van der Waals surface area contributed by atoms with Gasteiger partial charge in [-0.25, -0.2) is 4.39 Å². The maximum absolute atomic E-state index is 14.2. The van der Waals surface area contributed by atoms with E-state index in [4.69, 9.17) is 18.9 Å². The van der Waals surface area contributed by atoms with Gasteiger partial charge in [-0.3, -0.25) is 14.5 Å². The Morgan fingerprint density at radius 3 is 2.30 bits per heavy atom. The monoisotopic (exact) mass is 592 g/mol. The Hall–Kier alpha value is -4.15. The van der Waals surface area contributed by atoms with Crippen LogP contribution in [0, 0.1) is 11.7 Å². The summed E-state index contributed by atoms with van der Waals surface area (Å²) in [4.78, 5) is 28.4. The summed E-state index contributed by atoms with van der Waals surface area (Å²) in [5, 5.41) is 13.6. The number of ether oxygens (including phenoxy) is 4. The number of carbonyl (C=O) groups is 2. The number of aryl methyl sites for hydroxylation is 2. The third-order valence-electron chi connectivity index (χ3n) is 8.13. The predicted octanol–water partition coefficient (Wildman–Crippen LogP) is 5.18. The van der Waals surface area contributed by atoms with E-state index in [1.54, 1.807) is 25.3 Å². The van der Waals surface area contributed by atoms with Crippen LogP contribution in [0.1, 0.15) is 48.1 Å². The lowest BCUT2D eigenvalue weighted by atomic mass is 9.82. The summed E-state index contributed by atoms with van der Waals surface area (Å²) in [7, 11) is 1.60.